The van der Waals surface area contributed by atoms with Gasteiger partial charge in [-0.25, -0.2) is 4.39 Å². The number of anilines is 1. The maximum Gasteiger partial charge on any atom is 0.266 e. The van der Waals surface area contributed by atoms with Gasteiger partial charge in [-0.3, -0.25) is 4.79 Å². The van der Waals surface area contributed by atoms with Crippen molar-refractivity contribution in [1.82, 2.24) is 0 Å². The topological polar surface area (TPSA) is 71.3 Å². The number of hydrogen-bond donors (Lipinski definition) is 1. The number of carbonyl (C=O) groups is 1. The van der Waals surface area contributed by atoms with Crippen LogP contribution in [0.4, 0.5) is 10.1 Å². The highest BCUT2D eigenvalue weighted by molar-refractivity contribution is 6.32. The van der Waals surface area contributed by atoms with Gasteiger partial charge < -0.3 is 14.8 Å². The molecule has 0 atom stereocenters. The quantitative estimate of drug-likeness (QED) is 0.279. The summed E-state index contributed by atoms with van der Waals surface area (Å²) >= 11 is 6.44. The van der Waals surface area contributed by atoms with E-state index in [2.05, 4.69) is 5.32 Å². The zero-order chi connectivity index (χ0) is 24.5. The second-order valence-electron chi connectivity index (χ2n) is 7.28. The largest absolute Gasteiger partial charge is 0.490 e. The molecule has 5 nitrogen and oxygen atoms in total. The van der Waals surface area contributed by atoms with Gasteiger partial charge in [0.05, 0.1) is 11.6 Å². The number of aryl methyl sites for hydroxylation is 1. The molecular formula is C27H24ClFN2O3. The number of para-hydroxylation sites is 1. The molecule has 7 heteroatoms. The Balaban J connectivity index is 1.87. The summed E-state index contributed by atoms with van der Waals surface area (Å²) in [7, 11) is 0. The summed E-state index contributed by atoms with van der Waals surface area (Å²) in [5.74, 6) is -0.335. The van der Waals surface area contributed by atoms with E-state index in [1.165, 1.54) is 12.1 Å². The second kappa shape index (κ2) is 11.9. The minimum absolute atomic E-state index is 0.0374. The van der Waals surface area contributed by atoms with Crippen molar-refractivity contribution in [3.63, 3.8) is 0 Å². The fraction of sp³-hybridized carbons (Fsp3) is 0.185. The Bertz CT molecular complexity index is 1250. The summed E-state index contributed by atoms with van der Waals surface area (Å²) in [4.78, 5) is 12.7. The first kappa shape index (κ1) is 24.8. The van der Waals surface area contributed by atoms with E-state index in [9.17, 15) is 14.4 Å². The molecule has 3 rings (SSSR count). The number of ether oxygens (including phenoxy) is 2. The number of carbonyl (C=O) groups excluding carboxylic acids is 1. The highest BCUT2D eigenvalue weighted by Gasteiger charge is 2.16. The summed E-state index contributed by atoms with van der Waals surface area (Å²) in [5, 5.41) is 12.6. The first-order valence-corrected chi connectivity index (χ1v) is 11.2. The van der Waals surface area contributed by atoms with E-state index in [1.54, 1.807) is 43.3 Å². The molecule has 34 heavy (non-hydrogen) atoms. The molecular weight excluding hydrogens is 455 g/mol. The van der Waals surface area contributed by atoms with E-state index in [4.69, 9.17) is 21.1 Å². The van der Waals surface area contributed by atoms with Gasteiger partial charge in [0.25, 0.3) is 5.91 Å². The maximum absolute atomic E-state index is 13.9. The lowest BCUT2D eigenvalue weighted by Crippen LogP contribution is -2.14. The zero-order valence-corrected chi connectivity index (χ0v) is 19.7. The van der Waals surface area contributed by atoms with Gasteiger partial charge in [0.1, 0.15) is 24.1 Å². The van der Waals surface area contributed by atoms with E-state index in [-0.39, 0.29) is 28.8 Å². The summed E-state index contributed by atoms with van der Waals surface area (Å²) in [6.45, 7) is 4.08. The van der Waals surface area contributed by atoms with Gasteiger partial charge in [-0.05, 0) is 54.8 Å². The third-order valence-corrected chi connectivity index (χ3v) is 5.26. The first-order valence-electron chi connectivity index (χ1n) is 10.8. The summed E-state index contributed by atoms with van der Waals surface area (Å²) in [5.41, 5.74) is 2.39. The Labute approximate surface area is 203 Å². The number of halogens is 2. The Kier molecular flexibility index (Phi) is 8.66. The predicted octanol–water partition coefficient (Wildman–Crippen LogP) is 6.56. The Morgan fingerprint density at radius 1 is 1.09 bits per heavy atom. The molecule has 0 aromatic heterocycles. The number of benzene rings is 3. The van der Waals surface area contributed by atoms with Crippen molar-refractivity contribution in [2.24, 2.45) is 0 Å². The summed E-state index contributed by atoms with van der Waals surface area (Å²) in [6.07, 6.45) is 2.17. The van der Waals surface area contributed by atoms with Crippen LogP contribution < -0.4 is 14.8 Å². The number of rotatable bonds is 9. The number of nitrogens with zero attached hydrogens (tertiary/aromatic N) is 1. The molecule has 1 amide bonds. The van der Waals surface area contributed by atoms with E-state index in [0.29, 0.717) is 29.2 Å². The molecule has 3 aromatic carbocycles. The standard InChI is InChI=1S/C27H24ClFN2O3/c1-3-19-9-6-8-12-24(19)31-27(32)21(16-30)13-18-14-22(28)26(25(15-18)33-4-2)34-17-20-10-5-7-11-23(20)29/h5-15H,3-4,17H2,1-2H3,(H,31,32)/b21-13+. The Morgan fingerprint density at radius 3 is 2.47 bits per heavy atom. The second-order valence-corrected chi connectivity index (χ2v) is 7.68. The molecule has 0 saturated carbocycles. The molecule has 0 spiro atoms. The van der Waals surface area contributed by atoms with Crippen LogP contribution in [0, 0.1) is 17.1 Å². The molecule has 0 aliphatic carbocycles. The van der Waals surface area contributed by atoms with Crippen LogP contribution in [-0.4, -0.2) is 12.5 Å². The van der Waals surface area contributed by atoms with Gasteiger partial charge in [0.15, 0.2) is 11.5 Å². The van der Waals surface area contributed by atoms with E-state index in [1.807, 2.05) is 31.2 Å². The summed E-state index contributed by atoms with van der Waals surface area (Å²) in [6, 6.07) is 18.8. The molecule has 1 N–H and O–H groups in total. The highest BCUT2D eigenvalue weighted by atomic mass is 35.5. The molecule has 0 aliphatic rings. The average Bonchev–Trinajstić information content (AvgIpc) is 2.83. The van der Waals surface area contributed by atoms with Crippen molar-refractivity contribution < 1.29 is 18.7 Å². The van der Waals surface area contributed by atoms with Crippen LogP contribution in [-0.2, 0) is 17.8 Å². The van der Waals surface area contributed by atoms with Crippen molar-refractivity contribution in [3.05, 3.63) is 93.8 Å². The number of hydrogen-bond acceptors (Lipinski definition) is 4. The van der Waals surface area contributed by atoms with Crippen molar-refractivity contribution in [3.8, 4) is 17.6 Å². The van der Waals surface area contributed by atoms with Crippen LogP contribution in [0.25, 0.3) is 6.08 Å². The molecule has 0 heterocycles. The number of amides is 1. The third kappa shape index (κ3) is 6.15. The van der Waals surface area contributed by atoms with Crippen LogP contribution in [0.3, 0.4) is 0 Å². The predicted molar refractivity (Wildman–Crippen MR) is 131 cm³/mol. The van der Waals surface area contributed by atoms with Crippen LogP contribution in [0.1, 0.15) is 30.5 Å². The van der Waals surface area contributed by atoms with Crippen molar-refractivity contribution in [2.75, 3.05) is 11.9 Å². The van der Waals surface area contributed by atoms with Crippen LogP contribution in [0.15, 0.2) is 66.2 Å². The smallest absolute Gasteiger partial charge is 0.266 e. The van der Waals surface area contributed by atoms with E-state index >= 15 is 0 Å². The molecule has 3 aromatic rings. The Morgan fingerprint density at radius 2 is 1.79 bits per heavy atom. The molecule has 174 valence electrons. The molecule has 0 fully saturated rings. The van der Waals surface area contributed by atoms with Crippen molar-refractivity contribution in [2.45, 2.75) is 26.9 Å². The highest BCUT2D eigenvalue weighted by Crippen LogP contribution is 2.38. The fourth-order valence-corrected chi connectivity index (χ4v) is 3.57. The SMILES string of the molecule is CCOc1cc(/C=C(\C#N)C(=O)Nc2ccccc2CC)cc(Cl)c1OCc1ccccc1F. The number of nitriles is 1. The van der Waals surface area contributed by atoms with Crippen LogP contribution in [0.2, 0.25) is 5.02 Å². The third-order valence-electron chi connectivity index (χ3n) is 4.98. The number of nitrogens with one attached hydrogen (secondary N) is 1. The van der Waals surface area contributed by atoms with Gasteiger partial charge in [-0.15, -0.1) is 0 Å². The van der Waals surface area contributed by atoms with Crippen molar-refractivity contribution >= 4 is 29.3 Å². The van der Waals surface area contributed by atoms with Gasteiger partial charge in [-0.1, -0.05) is 54.9 Å². The average molecular weight is 479 g/mol. The van der Waals surface area contributed by atoms with Gasteiger partial charge in [0.2, 0.25) is 0 Å². The minimum atomic E-state index is -0.530. The lowest BCUT2D eigenvalue weighted by atomic mass is 10.1. The zero-order valence-electron chi connectivity index (χ0n) is 18.9. The molecule has 0 aliphatic heterocycles. The fourth-order valence-electron chi connectivity index (χ4n) is 3.30. The Hall–Kier alpha value is -3.82. The summed E-state index contributed by atoms with van der Waals surface area (Å²) < 4.78 is 25.4. The van der Waals surface area contributed by atoms with E-state index < -0.39 is 5.91 Å². The van der Waals surface area contributed by atoms with Gasteiger partial charge in [0, 0.05) is 11.3 Å². The van der Waals surface area contributed by atoms with Crippen molar-refractivity contribution in [1.29, 1.82) is 5.26 Å². The maximum atomic E-state index is 13.9. The van der Waals surface area contributed by atoms with Gasteiger partial charge >= 0.3 is 0 Å². The van der Waals surface area contributed by atoms with Crippen LogP contribution in [0.5, 0.6) is 11.5 Å². The first-order chi connectivity index (χ1) is 16.5. The molecule has 0 saturated heterocycles. The normalized spacial score (nSPS) is 11.0. The lowest BCUT2D eigenvalue weighted by Gasteiger charge is -2.15. The monoisotopic (exact) mass is 478 g/mol. The molecule has 0 unspecified atom stereocenters. The van der Waals surface area contributed by atoms with Crippen LogP contribution >= 0.6 is 11.6 Å². The molecule has 0 bridgehead atoms. The lowest BCUT2D eigenvalue weighted by molar-refractivity contribution is -0.112. The molecule has 0 radical (unpaired) electrons. The van der Waals surface area contributed by atoms with Gasteiger partial charge in [-0.2, -0.15) is 5.26 Å². The van der Waals surface area contributed by atoms with E-state index in [0.717, 1.165) is 12.0 Å². The minimum Gasteiger partial charge on any atom is -0.490 e.